The second kappa shape index (κ2) is 5.90. The van der Waals surface area contributed by atoms with E-state index in [1.54, 1.807) is 7.11 Å². The van der Waals surface area contributed by atoms with Gasteiger partial charge >= 0.3 is 0 Å². The smallest absolute Gasteiger partial charge is 0.123 e. The third kappa shape index (κ3) is 3.11. The molecule has 2 nitrogen and oxygen atoms in total. The van der Waals surface area contributed by atoms with Crippen molar-refractivity contribution in [1.29, 1.82) is 0 Å². The van der Waals surface area contributed by atoms with Gasteiger partial charge in [-0.1, -0.05) is 24.3 Å². The summed E-state index contributed by atoms with van der Waals surface area (Å²) in [5.41, 5.74) is 6.50. The largest absolute Gasteiger partial charge is 0.496 e. The normalized spacial score (nSPS) is 14.2. The first kappa shape index (κ1) is 14.2. The van der Waals surface area contributed by atoms with Gasteiger partial charge < -0.3 is 10.1 Å². The van der Waals surface area contributed by atoms with E-state index in [-0.39, 0.29) is 0 Å². The Hall–Kier alpha value is -1.80. The van der Waals surface area contributed by atoms with E-state index in [2.05, 4.69) is 55.6 Å². The minimum Gasteiger partial charge on any atom is -0.496 e. The molecule has 21 heavy (non-hydrogen) atoms. The highest BCUT2D eigenvalue weighted by molar-refractivity contribution is 5.70. The van der Waals surface area contributed by atoms with Gasteiger partial charge in [-0.25, -0.2) is 0 Å². The van der Waals surface area contributed by atoms with Crippen LogP contribution in [0.1, 0.15) is 29.5 Å². The molecule has 0 bridgehead atoms. The average Bonchev–Trinajstić information content (AvgIpc) is 3.32. The molecule has 0 unspecified atom stereocenters. The Morgan fingerprint density at radius 3 is 2.67 bits per heavy atom. The van der Waals surface area contributed by atoms with Crippen molar-refractivity contribution in [1.82, 2.24) is 5.32 Å². The van der Waals surface area contributed by atoms with E-state index in [0.717, 1.165) is 12.3 Å². The van der Waals surface area contributed by atoms with Gasteiger partial charge in [-0.2, -0.15) is 0 Å². The number of hydrogen-bond donors (Lipinski definition) is 1. The lowest BCUT2D eigenvalue weighted by atomic mass is 9.95. The zero-order chi connectivity index (χ0) is 14.8. The summed E-state index contributed by atoms with van der Waals surface area (Å²) in [6, 6.07) is 13.7. The second-order valence-electron chi connectivity index (χ2n) is 5.93. The monoisotopic (exact) mass is 281 g/mol. The van der Waals surface area contributed by atoms with Crippen LogP contribution in [-0.4, -0.2) is 13.2 Å². The van der Waals surface area contributed by atoms with Crippen molar-refractivity contribution in [3.63, 3.8) is 0 Å². The lowest BCUT2D eigenvalue weighted by molar-refractivity contribution is 0.407. The molecule has 0 aromatic heterocycles. The Morgan fingerprint density at radius 1 is 1.14 bits per heavy atom. The van der Waals surface area contributed by atoms with E-state index in [0.29, 0.717) is 6.04 Å². The molecule has 2 heteroatoms. The molecular formula is C19H23NO. The van der Waals surface area contributed by atoms with Gasteiger partial charge in [0, 0.05) is 18.2 Å². The van der Waals surface area contributed by atoms with Crippen LogP contribution in [0.4, 0.5) is 0 Å². The maximum atomic E-state index is 5.50. The second-order valence-corrected chi connectivity index (χ2v) is 5.93. The van der Waals surface area contributed by atoms with E-state index < -0.39 is 0 Å². The Kier molecular flexibility index (Phi) is 3.98. The van der Waals surface area contributed by atoms with E-state index in [4.69, 9.17) is 4.74 Å². The van der Waals surface area contributed by atoms with E-state index in [1.165, 1.54) is 40.7 Å². The van der Waals surface area contributed by atoms with Crippen molar-refractivity contribution >= 4 is 0 Å². The Balaban J connectivity index is 1.94. The zero-order valence-corrected chi connectivity index (χ0v) is 13.1. The zero-order valence-electron chi connectivity index (χ0n) is 13.1. The molecule has 110 valence electrons. The van der Waals surface area contributed by atoms with E-state index >= 15 is 0 Å². The van der Waals surface area contributed by atoms with Crippen molar-refractivity contribution in [2.45, 2.75) is 39.3 Å². The topological polar surface area (TPSA) is 21.3 Å². The molecule has 0 atom stereocenters. The van der Waals surface area contributed by atoms with Gasteiger partial charge in [0.1, 0.15) is 5.75 Å². The summed E-state index contributed by atoms with van der Waals surface area (Å²) >= 11 is 0. The van der Waals surface area contributed by atoms with Gasteiger partial charge in [-0.3, -0.25) is 0 Å². The fraction of sp³-hybridized carbons (Fsp3) is 0.368. The first-order valence-corrected chi connectivity index (χ1v) is 7.66. The van der Waals surface area contributed by atoms with Crippen LogP contribution in [-0.2, 0) is 6.54 Å². The lowest BCUT2D eigenvalue weighted by Gasteiger charge is -2.14. The lowest BCUT2D eigenvalue weighted by Crippen LogP contribution is -2.15. The fourth-order valence-electron chi connectivity index (χ4n) is 2.69. The molecule has 1 fully saturated rings. The quantitative estimate of drug-likeness (QED) is 0.885. The molecule has 0 aliphatic heterocycles. The van der Waals surface area contributed by atoms with Crippen molar-refractivity contribution in [2.24, 2.45) is 0 Å². The van der Waals surface area contributed by atoms with Gasteiger partial charge in [0.15, 0.2) is 0 Å². The summed E-state index contributed by atoms with van der Waals surface area (Å²) in [6.07, 6.45) is 2.61. The standard InChI is InChI=1S/C19H23NO/c1-13-5-4-6-18(14(13)2)15-7-10-19(21-3)16(11-15)12-20-17-8-9-17/h4-7,10-11,17,20H,8-9,12H2,1-3H3. The van der Waals surface area contributed by atoms with E-state index in [9.17, 15) is 0 Å². The van der Waals surface area contributed by atoms with E-state index in [1.807, 2.05) is 0 Å². The van der Waals surface area contributed by atoms with Crippen LogP contribution in [0.2, 0.25) is 0 Å². The summed E-state index contributed by atoms with van der Waals surface area (Å²) in [5, 5.41) is 3.57. The maximum absolute atomic E-state index is 5.50. The predicted molar refractivity (Wildman–Crippen MR) is 87.8 cm³/mol. The minimum atomic E-state index is 0.707. The van der Waals surface area contributed by atoms with Crippen molar-refractivity contribution < 1.29 is 4.74 Å². The highest BCUT2D eigenvalue weighted by Crippen LogP contribution is 2.30. The molecule has 0 spiro atoms. The molecule has 1 aliphatic rings. The number of rotatable bonds is 5. The molecule has 1 N–H and O–H groups in total. The van der Waals surface area contributed by atoms with Crippen LogP contribution < -0.4 is 10.1 Å². The molecule has 1 aliphatic carbocycles. The van der Waals surface area contributed by atoms with Gasteiger partial charge in [0.05, 0.1) is 7.11 Å². The van der Waals surface area contributed by atoms with Gasteiger partial charge in [-0.05, 0) is 61.1 Å². The van der Waals surface area contributed by atoms with Crippen LogP contribution in [0, 0.1) is 13.8 Å². The van der Waals surface area contributed by atoms with Crippen LogP contribution in [0.25, 0.3) is 11.1 Å². The van der Waals surface area contributed by atoms with Gasteiger partial charge in [0.2, 0.25) is 0 Å². The molecule has 1 saturated carbocycles. The number of benzene rings is 2. The van der Waals surface area contributed by atoms with Crippen LogP contribution >= 0.6 is 0 Å². The summed E-state index contributed by atoms with van der Waals surface area (Å²) in [4.78, 5) is 0. The van der Waals surface area contributed by atoms with Crippen LogP contribution in [0.15, 0.2) is 36.4 Å². The molecule has 3 rings (SSSR count). The molecular weight excluding hydrogens is 258 g/mol. The van der Waals surface area contributed by atoms with Gasteiger partial charge in [-0.15, -0.1) is 0 Å². The molecule has 0 amide bonds. The summed E-state index contributed by atoms with van der Waals surface area (Å²) in [5.74, 6) is 0.970. The predicted octanol–water partition coefficient (Wildman–Crippen LogP) is 4.23. The number of methoxy groups -OCH3 is 1. The number of hydrogen-bond acceptors (Lipinski definition) is 2. The molecule has 2 aromatic rings. The average molecular weight is 281 g/mol. The summed E-state index contributed by atoms with van der Waals surface area (Å²) < 4.78 is 5.50. The molecule has 0 heterocycles. The summed E-state index contributed by atoms with van der Waals surface area (Å²) in [6.45, 7) is 5.24. The first-order chi connectivity index (χ1) is 10.2. The maximum Gasteiger partial charge on any atom is 0.123 e. The van der Waals surface area contributed by atoms with Crippen LogP contribution in [0.5, 0.6) is 5.75 Å². The summed E-state index contributed by atoms with van der Waals surface area (Å²) in [7, 11) is 1.74. The Bertz CT molecular complexity index is 644. The Morgan fingerprint density at radius 2 is 1.95 bits per heavy atom. The number of nitrogens with one attached hydrogen (secondary N) is 1. The number of aryl methyl sites for hydroxylation is 1. The van der Waals surface area contributed by atoms with Crippen molar-refractivity contribution in [3.8, 4) is 16.9 Å². The number of ether oxygens (including phenoxy) is 1. The third-order valence-corrected chi connectivity index (χ3v) is 4.35. The third-order valence-electron chi connectivity index (χ3n) is 4.35. The molecule has 0 radical (unpaired) electrons. The van der Waals surface area contributed by atoms with Crippen LogP contribution in [0.3, 0.4) is 0 Å². The first-order valence-electron chi connectivity index (χ1n) is 7.66. The Labute approximate surface area is 127 Å². The molecule has 0 saturated heterocycles. The SMILES string of the molecule is COc1ccc(-c2cccc(C)c2C)cc1CNC1CC1. The fourth-order valence-corrected chi connectivity index (χ4v) is 2.69. The highest BCUT2D eigenvalue weighted by Gasteiger charge is 2.20. The molecule has 2 aromatic carbocycles. The van der Waals surface area contributed by atoms with Crippen molar-refractivity contribution in [3.05, 3.63) is 53.1 Å². The van der Waals surface area contributed by atoms with Crippen molar-refractivity contribution in [2.75, 3.05) is 7.11 Å². The minimum absolute atomic E-state index is 0.707. The van der Waals surface area contributed by atoms with Gasteiger partial charge in [0.25, 0.3) is 0 Å². The highest BCUT2D eigenvalue weighted by atomic mass is 16.5.